The molecule has 0 aromatic heterocycles. The molecule has 0 unspecified atom stereocenters. The largest absolute Gasteiger partial charge is 0.299 e. The molecule has 0 atom stereocenters. The first-order valence-corrected chi connectivity index (χ1v) is 7.57. The predicted molar refractivity (Wildman–Crippen MR) is 78.8 cm³/mol. The van der Waals surface area contributed by atoms with Crippen LogP contribution in [0.2, 0.25) is 0 Å². The van der Waals surface area contributed by atoms with Gasteiger partial charge in [0, 0.05) is 25.2 Å². The van der Waals surface area contributed by atoms with Gasteiger partial charge in [-0.25, -0.2) is 5.84 Å². The second-order valence-corrected chi connectivity index (χ2v) is 6.25. The number of carbonyl (C=O) groups is 1. The Morgan fingerprint density at radius 1 is 1.20 bits per heavy atom. The van der Waals surface area contributed by atoms with Gasteiger partial charge in [0.2, 0.25) is 0 Å². The third-order valence-electron chi connectivity index (χ3n) is 4.15. The number of rotatable bonds is 7. The van der Waals surface area contributed by atoms with Crippen molar-refractivity contribution in [3.8, 4) is 0 Å². The minimum absolute atomic E-state index is 0.220. The maximum Gasteiger partial charge on any atom is 0.265 e. The highest BCUT2D eigenvalue weighted by Crippen LogP contribution is 2.34. The summed E-state index contributed by atoms with van der Waals surface area (Å²) in [4.78, 5) is 14.1. The molecule has 1 amide bonds. The van der Waals surface area contributed by atoms with Crippen molar-refractivity contribution in [3.05, 3.63) is 35.4 Å². The van der Waals surface area contributed by atoms with E-state index in [4.69, 9.17) is 5.84 Å². The van der Waals surface area contributed by atoms with Crippen LogP contribution in [0.15, 0.2) is 24.3 Å². The van der Waals surface area contributed by atoms with E-state index >= 15 is 0 Å². The van der Waals surface area contributed by atoms with Gasteiger partial charge in [0.25, 0.3) is 5.91 Å². The molecule has 1 aromatic carbocycles. The van der Waals surface area contributed by atoms with E-state index in [0.717, 1.165) is 18.4 Å². The van der Waals surface area contributed by atoms with Crippen LogP contribution in [-0.4, -0.2) is 23.9 Å². The van der Waals surface area contributed by atoms with Crippen LogP contribution in [0.1, 0.15) is 41.6 Å². The molecule has 0 heterocycles. The summed E-state index contributed by atoms with van der Waals surface area (Å²) in [5.74, 6) is 6.79. The zero-order valence-electron chi connectivity index (χ0n) is 11.8. The maximum atomic E-state index is 11.6. The van der Waals surface area contributed by atoms with E-state index in [1.165, 1.54) is 44.3 Å². The third-order valence-corrected chi connectivity index (χ3v) is 4.15. The lowest BCUT2D eigenvalue weighted by Gasteiger charge is -2.22. The Hall–Kier alpha value is -1.39. The Morgan fingerprint density at radius 2 is 1.85 bits per heavy atom. The molecule has 0 spiro atoms. The predicted octanol–water partition coefficient (Wildman–Crippen LogP) is 1.91. The number of hydrogen-bond acceptors (Lipinski definition) is 3. The first kappa shape index (κ1) is 13.6. The number of nitrogens with zero attached hydrogens (tertiary/aromatic N) is 1. The monoisotopic (exact) mass is 273 g/mol. The molecule has 20 heavy (non-hydrogen) atoms. The highest BCUT2D eigenvalue weighted by Gasteiger charge is 2.29. The highest BCUT2D eigenvalue weighted by atomic mass is 16.2. The topological polar surface area (TPSA) is 58.4 Å². The molecule has 108 valence electrons. The van der Waals surface area contributed by atoms with Gasteiger partial charge < -0.3 is 0 Å². The van der Waals surface area contributed by atoms with Crippen molar-refractivity contribution in [1.29, 1.82) is 0 Å². The SMILES string of the molecule is NNC(=O)c1cccc(CN(CC2CC2)CC2CC2)c1. The Kier molecular flexibility index (Phi) is 4.03. The number of nitrogens with one attached hydrogen (secondary N) is 1. The lowest BCUT2D eigenvalue weighted by atomic mass is 10.1. The Morgan fingerprint density at radius 3 is 2.40 bits per heavy atom. The summed E-state index contributed by atoms with van der Waals surface area (Å²) in [5.41, 5.74) is 4.04. The molecule has 0 bridgehead atoms. The molecule has 2 fully saturated rings. The summed E-state index contributed by atoms with van der Waals surface area (Å²) in [7, 11) is 0. The average Bonchev–Trinajstić information content (AvgIpc) is 3.34. The van der Waals surface area contributed by atoms with Gasteiger partial charge in [-0.15, -0.1) is 0 Å². The van der Waals surface area contributed by atoms with Crippen LogP contribution in [0.25, 0.3) is 0 Å². The second kappa shape index (κ2) is 5.94. The molecule has 4 nitrogen and oxygen atoms in total. The second-order valence-electron chi connectivity index (χ2n) is 6.25. The Balaban J connectivity index is 1.64. The fraction of sp³-hybridized carbons (Fsp3) is 0.562. The van der Waals surface area contributed by atoms with Crippen LogP contribution < -0.4 is 11.3 Å². The van der Waals surface area contributed by atoms with Crippen LogP contribution in [-0.2, 0) is 6.54 Å². The molecule has 2 saturated carbocycles. The van der Waals surface area contributed by atoms with E-state index in [1.54, 1.807) is 6.07 Å². The van der Waals surface area contributed by atoms with E-state index in [9.17, 15) is 4.79 Å². The van der Waals surface area contributed by atoms with Gasteiger partial charge in [-0.3, -0.25) is 15.1 Å². The molecule has 1 aromatic rings. The summed E-state index contributed by atoms with van der Waals surface area (Å²) in [5, 5.41) is 0. The minimum atomic E-state index is -0.220. The van der Waals surface area contributed by atoms with E-state index in [2.05, 4.69) is 16.4 Å². The van der Waals surface area contributed by atoms with Gasteiger partial charge in [-0.05, 0) is 55.2 Å². The molecule has 2 aliphatic carbocycles. The van der Waals surface area contributed by atoms with Crippen LogP contribution in [0.3, 0.4) is 0 Å². The maximum absolute atomic E-state index is 11.6. The molecule has 0 radical (unpaired) electrons. The van der Waals surface area contributed by atoms with Gasteiger partial charge in [0.05, 0.1) is 0 Å². The summed E-state index contributed by atoms with van der Waals surface area (Å²) in [6, 6.07) is 7.79. The van der Waals surface area contributed by atoms with Crippen LogP contribution in [0.4, 0.5) is 0 Å². The van der Waals surface area contributed by atoms with E-state index < -0.39 is 0 Å². The lowest BCUT2D eigenvalue weighted by Crippen LogP contribution is -2.30. The lowest BCUT2D eigenvalue weighted by molar-refractivity contribution is 0.0953. The summed E-state index contributed by atoms with van der Waals surface area (Å²) in [6.45, 7) is 3.37. The molecule has 2 aliphatic rings. The molecule has 0 aliphatic heterocycles. The van der Waals surface area contributed by atoms with Gasteiger partial charge in [0.1, 0.15) is 0 Å². The first-order chi connectivity index (χ1) is 9.74. The number of nitrogens with two attached hydrogens (primary N) is 1. The summed E-state index contributed by atoms with van der Waals surface area (Å²) >= 11 is 0. The Labute approximate surface area is 120 Å². The van der Waals surface area contributed by atoms with Crippen molar-refractivity contribution in [2.24, 2.45) is 17.7 Å². The first-order valence-electron chi connectivity index (χ1n) is 7.57. The number of carbonyl (C=O) groups excluding carboxylic acids is 1. The highest BCUT2D eigenvalue weighted by molar-refractivity contribution is 5.93. The van der Waals surface area contributed by atoms with E-state index in [0.29, 0.717) is 5.56 Å². The van der Waals surface area contributed by atoms with Crippen molar-refractivity contribution in [2.45, 2.75) is 32.2 Å². The van der Waals surface area contributed by atoms with Crippen molar-refractivity contribution < 1.29 is 4.79 Å². The minimum Gasteiger partial charge on any atom is -0.299 e. The smallest absolute Gasteiger partial charge is 0.265 e. The van der Waals surface area contributed by atoms with Gasteiger partial charge >= 0.3 is 0 Å². The molecule has 0 saturated heterocycles. The van der Waals surface area contributed by atoms with Crippen molar-refractivity contribution in [1.82, 2.24) is 10.3 Å². The van der Waals surface area contributed by atoms with Crippen molar-refractivity contribution >= 4 is 5.91 Å². The Bertz CT molecular complexity index is 466. The van der Waals surface area contributed by atoms with E-state index in [1.807, 2.05) is 12.1 Å². The molecule has 4 heteroatoms. The number of benzene rings is 1. The summed E-state index contributed by atoms with van der Waals surface area (Å²) < 4.78 is 0. The fourth-order valence-corrected chi connectivity index (χ4v) is 2.69. The number of hydrazine groups is 1. The van der Waals surface area contributed by atoms with Crippen LogP contribution >= 0.6 is 0 Å². The van der Waals surface area contributed by atoms with Crippen molar-refractivity contribution in [2.75, 3.05) is 13.1 Å². The van der Waals surface area contributed by atoms with Crippen LogP contribution in [0.5, 0.6) is 0 Å². The third kappa shape index (κ3) is 3.81. The van der Waals surface area contributed by atoms with Gasteiger partial charge in [-0.1, -0.05) is 12.1 Å². The number of hydrogen-bond donors (Lipinski definition) is 2. The van der Waals surface area contributed by atoms with E-state index in [-0.39, 0.29) is 5.91 Å². The molecule has 3 rings (SSSR count). The van der Waals surface area contributed by atoms with Gasteiger partial charge in [-0.2, -0.15) is 0 Å². The van der Waals surface area contributed by atoms with Crippen LogP contribution in [0, 0.1) is 11.8 Å². The molecular weight excluding hydrogens is 250 g/mol. The van der Waals surface area contributed by atoms with Crippen molar-refractivity contribution in [3.63, 3.8) is 0 Å². The molecular formula is C16H23N3O. The molecule has 3 N–H and O–H groups in total. The quantitative estimate of drug-likeness (QED) is 0.453. The fourth-order valence-electron chi connectivity index (χ4n) is 2.69. The zero-order chi connectivity index (χ0) is 13.9. The van der Waals surface area contributed by atoms with Gasteiger partial charge in [0.15, 0.2) is 0 Å². The normalized spacial score (nSPS) is 18.3. The average molecular weight is 273 g/mol. The number of nitrogen functional groups attached to an aromatic ring is 1. The zero-order valence-corrected chi connectivity index (χ0v) is 11.8. The number of amides is 1. The summed E-state index contributed by atoms with van der Waals surface area (Å²) in [6.07, 6.45) is 5.54. The standard InChI is InChI=1S/C16H23N3O/c17-18-16(20)15-3-1-2-14(8-15)11-19(9-12-4-5-12)10-13-6-7-13/h1-3,8,12-13H,4-7,9-11,17H2,(H,18,20).